The largest absolute Gasteiger partial charge is 0.481 e. The quantitative estimate of drug-likeness (QED) is 0.738. The van der Waals surface area contributed by atoms with E-state index in [1.807, 2.05) is 42.5 Å². The summed E-state index contributed by atoms with van der Waals surface area (Å²) in [5.74, 6) is -2.32. The molecule has 2 N–H and O–H groups in total. The van der Waals surface area contributed by atoms with Gasteiger partial charge in [0.2, 0.25) is 5.91 Å². The lowest BCUT2D eigenvalue weighted by Gasteiger charge is -2.27. The van der Waals surface area contributed by atoms with Crippen molar-refractivity contribution in [2.75, 3.05) is 0 Å². The summed E-state index contributed by atoms with van der Waals surface area (Å²) in [4.78, 5) is 24.5. The number of benzene rings is 2. The van der Waals surface area contributed by atoms with Gasteiger partial charge in [0, 0.05) is 0 Å². The molecule has 0 heterocycles. The molecule has 2 aliphatic carbocycles. The third-order valence-corrected chi connectivity index (χ3v) is 6.49. The number of nitrogens with one attached hydrogen (secondary N) is 1. The monoisotopic (exact) mass is 395 g/mol. The molecule has 0 aromatic heterocycles. The zero-order valence-corrected chi connectivity index (χ0v) is 16.3. The Kier molecular flexibility index (Phi) is 5.65. The van der Waals surface area contributed by atoms with E-state index in [0.717, 1.165) is 36.8 Å². The van der Waals surface area contributed by atoms with Crippen molar-refractivity contribution in [1.82, 2.24) is 5.32 Å². The normalized spacial score (nSPS) is 22.7. The number of aliphatic carboxylic acids is 1. The number of hydrogen-bond donors (Lipinski definition) is 2. The SMILES string of the molecule is O=C(O)C1CCCC1C(=O)NC(c1ccccc1)c1ccc(C2CCC2)c(F)c1. The first-order chi connectivity index (χ1) is 14.0. The summed E-state index contributed by atoms with van der Waals surface area (Å²) in [6, 6.07) is 14.2. The van der Waals surface area contributed by atoms with E-state index in [1.54, 1.807) is 0 Å². The molecule has 4 nitrogen and oxygen atoms in total. The van der Waals surface area contributed by atoms with Gasteiger partial charge in [-0.1, -0.05) is 55.3 Å². The number of carboxylic acid groups (broad SMARTS) is 1. The van der Waals surface area contributed by atoms with Crippen LogP contribution in [0, 0.1) is 17.7 Å². The van der Waals surface area contributed by atoms with Crippen LogP contribution < -0.4 is 5.32 Å². The molecule has 3 unspecified atom stereocenters. The molecule has 3 atom stereocenters. The van der Waals surface area contributed by atoms with Crippen molar-refractivity contribution in [3.8, 4) is 0 Å². The van der Waals surface area contributed by atoms with Gasteiger partial charge in [-0.15, -0.1) is 0 Å². The van der Waals surface area contributed by atoms with Crippen LogP contribution in [-0.4, -0.2) is 17.0 Å². The highest BCUT2D eigenvalue weighted by Crippen LogP contribution is 2.39. The minimum atomic E-state index is -0.921. The van der Waals surface area contributed by atoms with Gasteiger partial charge in [-0.3, -0.25) is 9.59 Å². The fraction of sp³-hybridized carbons (Fsp3) is 0.417. The first kappa shape index (κ1) is 19.6. The maximum atomic E-state index is 14.8. The Morgan fingerprint density at radius 3 is 2.24 bits per heavy atom. The van der Waals surface area contributed by atoms with Crippen molar-refractivity contribution in [2.24, 2.45) is 11.8 Å². The van der Waals surface area contributed by atoms with Gasteiger partial charge in [0.25, 0.3) is 0 Å². The molecule has 152 valence electrons. The van der Waals surface area contributed by atoms with E-state index in [1.165, 1.54) is 6.07 Å². The molecule has 2 fully saturated rings. The third-order valence-electron chi connectivity index (χ3n) is 6.49. The Bertz CT molecular complexity index is 894. The third kappa shape index (κ3) is 4.04. The van der Waals surface area contributed by atoms with E-state index in [0.29, 0.717) is 24.3 Å². The van der Waals surface area contributed by atoms with Crippen LogP contribution in [-0.2, 0) is 9.59 Å². The predicted octanol–water partition coefficient (Wildman–Crippen LogP) is 4.80. The molecule has 29 heavy (non-hydrogen) atoms. The number of carbonyl (C=O) groups is 2. The standard InChI is InChI=1S/C24H26FNO3/c25-21-14-17(12-13-18(21)15-8-4-9-15)22(16-6-2-1-3-7-16)26-23(27)19-10-5-11-20(19)24(28)29/h1-3,6-7,12-15,19-20,22H,4-5,8-11H2,(H,26,27)(H,28,29). The van der Waals surface area contributed by atoms with Crippen LogP contribution in [0.2, 0.25) is 0 Å². The van der Waals surface area contributed by atoms with Crippen molar-refractivity contribution in [2.45, 2.75) is 50.5 Å². The van der Waals surface area contributed by atoms with Crippen LogP contribution in [0.3, 0.4) is 0 Å². The second-order valence-electron chi connectivity index (χ2n) is 8.24. The highest BCUT2D eigenvalue weighted by Gasteiger charge is 2.38. The smallest absolute Gasteiger partial charge is 0.307 e. The first-order valence-corrected chi connectivity index (χ1v) is 10.4. The Morgan fingerprint density at radius 2 is 1.62 bits per heavy atom. The molecule has 2 aliphatic rings. The van der Waals surface area contributed by atoms with E-state index in [4.69, 9.17) is 0 Å². The highest BCUT2D eigenvalue weighted by molar-refractivity contribution is 5.85. The average Bonchev–Trinajstić information content (AvgIpc) is 3.17. The van der Waals surface area contributed by atoms with Gasteiger partial charge in [-0.25, -0.2) is 4.39 Å². The van der Waals surface area contributed by atoms with Gasteiger partial charge < -0.3 is 10.4 Å². The van der Waals surface area contributed by atoms with E-state index in [9.17, 15) is 19.1 Å². The van der Waals surface area contributed by atoms with Crippen LogP contribution in [0.4, 0.5) is 4.39 Å². The first-order valence-electron chi connectivity index (χ1n) is 10.4. The Morgan fingerprint density at radius 1 is 0.931 bits per heavy atom. The van der Waals surface area contributed by atoms with Crippen LogP contribution in [0.5, 0.6) is 0 Å². The summed E-state index contributed by atoms with van der Waals surface area (Å²) in [6.07, 6.45) is 5.00. The summed E-state index contributed by atoms with van der Waals surface area (Å²) in [5, 5.41) is 12.4. The molecule has 5 heteroatoms. The zero-order valence-electron chi connectivity index (χ0n) is 16.3. The summed E-state index contributed by atoms with van der Waals surface area (Å²) >= 11 is 0. The molecule has 2 aromatic rings. The fourth-order valence-electron chi connectivity index (χ4n) is 4.60. The number of amides is 1. The van der Waals surface area contributed by atoms with Crippen molar-refractivity contribution in [3.05, 3.63) is 71.0 Å². The van der Waals surface area contributed by atoms with Crippen molar-refractivity contribution in [3.63, 3.8) is 0 Å². The molecule has 0 radical (unpaired) electrons. The van der Waals surface area contributed by atoms with Crippen LogP contribution >= 0.6 is 0 Å². The fourth-order valence-corrected chi connectivity index (χ4v) is 4.60. The number of carboxylic acids is 1. The second kappa shape index (κ2) is 8.36. The summed E-state index contributed by atoms with van der Waals surface area (Å²) in [6.45, 7) is 0. The van der Waals surface area contributed by atoms with Gasteiger partial charge in [0.05, 0.1) is 17.9 Å². The van der Waals surface area contributed by atoms with E-state index < -0.39 is 23.8 Å². The Labute approximate surface area is 170 Å². The molecule has 0 aliphatic heterocycles. The summed E-state index contributed by atoms with van der Waals surface area (Å²) < 4.78 is 14.8. The maximum Gasteiger partial charge on any atom is 0.307 e. The van der Waals surface area contributed by atoms with Gasteiger partial charge in [0.1, 0.15) is 5.82 Å². The van der Waals surface area contributed by atoms with Crippen LogP contribution in [0.15, 0.2) is 48.5 Å². The Balaban J connectivity index is 1.61. The molecule has 0 spiro atoms. The predicted molar refractivity (Wildman–Crippen MR) is 108 cm³/mol. The number of hydrogen-bond acceptors (Lipinski definition) is 2. The van der Waals surface area contributed by atoms with Gasteiger partial charge >= 0.3 is 5.97 Å². The summed E-state index contributed by atoms with van der Waals surface area (Å²) in [7, 11) is 0. The molecule has 2 saturated carbocycles. The number of halogens is 1. The molecule has 1 amide bonds. The van der Waals surface area contributed by atoms with Gasteiger partial charge in [-0.05, 0) is 54.4 Å². The lowest BCUT2D eigenvalue weighted by molar-refractivity contribution is -0.146. The minimum absolute atomic E-state index is 0.230. The zero-order chi connectivity index (χ0) is 20.4. The lowest BCUT2D eigenvalue weighted by Crippen LogP contribution is -2.38. The molecular formula is C24H26FNO3. The van der Waals surface area contributed by atoms with Crippen molar-refractivity contribution in [1.29, 1.82) is 0 Å². The average molecular weight is 395 g/mol. The van der Waals surface area contributed by atoms with Gasteiger partial charge in [-0.2, -0.15) is 0 Å². The Hall–Kier alpha value is -2.69. The topological polar surface area (TPSA) is 66.4 Å². The van der Waals surface area contributed by atoms with Crippen LogP contribution in [0.1, 0.15) is 67.2 Å². The van der Waals surface area contributed by atoms with E-state index >= 15 is 0 Å². The van der Waals surface area contributed by atoms with E-state index in [2.05, 4.69) is 5.32 Å². The van der Waals surface area contributed by atoms with E-state index in [-0.39, 0.29) is 11.7 Å². The second-order valence-corrected chi connectivity index (χ2v) is 8.24. The molecule has 2 aromatic carbocycles. The van der Waals surface area contributed by atoms with Crippen LogP contribution in [0.25, 0.3) is 0 Å². The number of carbonyl (C=O) groups excluding carboxylic acids is 1. The summed E-state index contributed by atoms with van der Waals surface area (Å²) in [5.41, 5.74) is 2.27. The molecule has 0 bridgehead atoms. The molecule has 4 rings (SSSR count). The minimum Gasteiger partial charge on any atom is -0.481 e. The van der Waals surface area contributed by atoms with Crippen molar-refractivity contribution >= 4 is 11.9 Å². The maximum absolute atomic E-state index is 14.8. The highest BCUT2D eigenvalue weighted by atomic mass is 19.1. The van der Waals surface area contributed by atoms with Crippen molar-refractivity contribution < 1.29 is 19.1 Å². The number of rotatable bonds is 6. The lowest BCUT2D eigenvalue weighted by atomic mass is 9.79. The van der Waals surface area contributed by atoms with Gasteiger partial charge in [0.15, 0.2) is 0 Å². The molecule has 0 saturated heterocycles. The molecular weight excluding hydrogens is 369 g/mol.